The summed E-state index contributed by atoms with van der Waals surface area (Å²) in [4.78, 5) is 1.15. The summed E-state index contributed by atoms with van der Waals surface area (Å²) in [5, 5.41) is 3.93. The third kappa shape index (κ3) is 3.58. The van der Waals surface area contributed by atoms with Crippen molar-refractivity contribution >= 4 is 23.1 Å². The van der Waals surface area contributed by atoms with Gasteiger partial charge in [0.25, 0.3) is 0 Å². The van der Waals surface area contributed by atoms with Crippen molar-refractivity contribution in [2.24, 2.45) is 7.05 Å². The smallest absolute Gasteiger partial charge is 0.0666 e. The Hall–Kier alpha value is -2.05. The summed E-state index contributed by atoms with van der Waals surface area (Å²) in [6.07, 6.45) is 7.56. The molecular weight excluding hydrogens is 288 g/mol. The van der Waals surface area contributed by atoms with Crippen LogP contribution in [0.2, 0.25) is 0 Å². The van der Waals surface area contributed by atoms with Crippen LogP contribution >= 0.6 is 11.8 Å². The number of rotatable bonds is 5. The molecule has 0 unspecified atom stereocenters. The molecule has 0 saturated carbocycles. The number of hydrogen-bond acceptors (Lipinski definition) is 2. The van der Waals surface area contributed by atoms with Crippen molar-refractivity contribution in [2.45, 2.75) is 30.9 Å². The number of aryl methyl sites for hydroxylation is 2. The highest BCUT2D eigenvalue weighted by atomic mass is 32.2. The second-order valence-electron chi connectivity index (χ2n) is 5.58. The average Bonchev–Trinajstić information content (AvgIpc) is 2.79. The molecule has 0 aliphatic heterocycles. The lowest BCUT2D eigenvalue weighted by atomic mass is 10.2. The summed E-state index contributed by atoms with van der Waals surface area (Å²) in [6.45, 7) is 10.6. The van der Waals surface area contributed by atoms with E-state index in [1.165, 1.54) is 5.56 Å². The molecule has 2 rings (SSSR count). The van der Waals surface area contributed by atoms with Crippen LogP contribution in [0, 0.1) is 19.3 Å². The van der Waals surface area contributed by atoms with Crippen molar-refractivity contribution in [2.75, 3.05) is 5.32 Å². The Morgan fingerprint density at radius 2 is 2.09 bits per heavy atom. The van der Waals surface area contributed by atoms with Gasteiger partial charge >= 0.3 is 0 Å². The molecule has 0 fully saturated rings. The van der Waals surface area contributed by atoms with Gasteiger partial charge in [0.2, 0.25) is 0 Å². The van der Waals surface area contributed by atoms with Gasteiger partial charge in [0.1, 0.15) is 0 Å². The summed E-state index contributed by atoms with van der Waals surface area (Å²) in [5.41, 5.74) is 5.15. The second-order valence-corrected chi connectivity index (χ2v) is 7.20. The van der Waals surface area contributed by atoms with Crippen LogP contribution < -0.4 is 5.32 Å². The number of aromatic nitrogens is 1. The van der Waals surface area contributed by atoms with Gasteiger partial charge < -0.3 is 9.88 Å². The topological polar surface area (TPSA) is 17.0 Å². The Balaban J connectivity index is 2.33. The lowest BCUT2D eigenvalue weighted by Gasteiger charge is -2.17. The Morgan fingerprint density at radius 1 is 1.36 bits per heavy atom. The van der Waals surface area contributed by atoms with Crippen molar-refractivity contribution in [3.63, 3.8) is 0 Å². The van der Waals surface area contributed by atoms with E-state index in [9.17, 15) is 0 Å². The van der Waals surface area contributed by atoms with Crippen LogP contribution in [0.15, 0.2) is 41.9 Å². The molecular formula is C19H22N2S. The number of hydrogen-bond donors (Lipinski definition) is 1. The number of terminal acetylenes is 1. The largest absolute Gasteiger partial charge is 0.353 e. The molecule has 2 nitrogen and oxygen atoms in total. The predicted molar refractivity (Wildman–Crippen MR) is 98.2 cm³/mol. The van der Waals surface area contributed by atoms with Crippen LogP contribution in [0.3, 0.4) is 0 Å². The van der Waals surface area contributed by atoms with Crippen molar-refractivity contribution in [3.8, 4) is 12.3 Å². The van der Waals surface area contributed by atoms with Crippen molar-refractivity contribution in [3.05, 3.63) is 53.9 Å². The van der Waals surface area contributed by atoms with E-state index in [4.69, 9.17) is 6.42 Å². The SMILES string of the molecule is C#Cc1ccc(NC(=C)c2c(C)ccn2C)c(SC(C)C)c1. The first kappa shape index (κ1) is 16.3. The molecule has 1 heterocycles. The Bertz CT molecular complexity index is 713. The summed E-state index contributed by atoms with van der Waals surface area (Å²) >= 11 is 1.80. The van der Waals surface area contributed by atoms with Crippen LogP contribution in [0.1, 0.15) is 30.7 Å². The van der Waals surface area contributed by atoms with Gasteiger partial charge in [0.05, 0.1) is 17.1 Å². The summed E-state index contributed by atoms with van der Waals surface area (Å²) in [6, 6.07) is 8.13. The lowest BCUT2D eigenvalue weighted by molar-refractivity contribution is 0.904. The van der Waals surface area contributed by atoms with Crippen LogP contribution in [0.25, 0.3) is 5.70 Å². The molecule has 0 atom stereocenters. The quantitative estimate of drug-likeness (QED) is 0.625. The van der Waals surface area contributed by atoms with Gasteiger partial charge in [-0.25, -0.2) is 0 Å². The molecule has 1 aromatic carbocycles. The molecule has 0 spiro atoms. The van der Waals surface area contributed by atoms with Crippen LogP contribution in [0.5, 0.6) is 0 Å². The minimum absolute atomic E-state index is 0.485. The maximum atomic E-state index is 5.52. The number of nitrogens with one attached hydrogen (secondary N) is 1. The van der Waals surface area contributed by atoms with E-state index in [0.717, 1.165) is 27.5 Å². The standard InChI is InChI=1S/C19H22N2S/c1-7-16-8-9-17(18(12-16)22-13(2)3)20-15(5)19-14(4)10-11-21(19)6/h1,8-13,20H,5H2,2-4,6H3. The molecule has 0 radical (unpaired) electrons. The molecule has 0 amide bonds. The highest BCUT2D eigenvalue weighted by molar-refractivity contribution is 8.00. The van der Waals surface area contributed by atoms with Gasteiger partial charge in [-0.15, -0.1) is 18.2 Å². The highest BCUT2D eigenvalue weighted by Gasteiger charge is 2.11. The van der Waals surface area contributed by atoms with E-state index in [0.29, 0.717) is 5.25 Å². The molecule has 114 valence electrons. The van der Waals surface area contributed by atoms with E-state index >= 15 is 0 Å². The number of nitrogens with zero attached hydrogens (tertiary/aromatic N) is 1. The zero-order chi connectivity index (χ0) is 16.3. The highest BCUT2D eigenvalue weighted by Crippen LogP contribution is 2.33. The molecule has 1 aromatic heterocycles. The fourth-order valence-electron chi connectivity index (χ4n) is 2.39. The molecule has 0 bridgehead atoms. The normalized spacial score (nSPS) is 10.5. The first-order valence-corrected chi connectivity index (χ1v) is 8.16. The van der Waals surface area contributed by atoms with E-state index < -0.39 is 0 Å². The fraction of sp³-hybridized carbons (Fsp3) is 0.263. The first-order valence-electron chi connectivity index (χ1n) is 7.28. The van der Waals surface area contributed by atoms with Crippen LogP contribution in [-0.2, 0) is 7.05 Å². The van der Waals surface area contributed by atoms with Crippen molar-refractivity contribution in [1.82, 2.24) is 4.57 Å². The van der Waals surface area contributed by atoms with Crippen LogP contribution in [-0.4, -0.2) is 9.82 Å². The van der Waals surface area contributed by atoms with Gasteiger partial charge in [-0.1, -0.05) is 26.3 Å². The lowest BCUT2D eigenvalue weighted by Crippen LogP contribution is -2.05. The molecule has 1 N–H and O–H groups in total. The molecule has 0 aliphatic carbocycles. The molecule has 0 saturated heterocycles. The molecule has 3 heteroatoms. The van der Waals surface area contributed by atoms with Gasteiger partial charge in [-0.2, -0.15) is 0 Å². The summed E-state index contributed by atoms with van der Waals surface area (Å²) in [5.74, 6) is 2.70. The Morgan fingerprint density at radius 3 is 2.64 bits per heavy atom. The van der Waals surface area contributed by atoms with Gasteiger partial charge in [-0.3, -0.25) is 0 Å². The number of anilines is 1. The second kappa shape index (κ2) is 6.81. The maximum absolute atomic E-state index is 5.52. The predicted octanol–water partition coefficient (Wildman–Crippen LogP) is 4.90. The fourth-order valence-corrected chi connectivity index (χ4v) is 3.34. The third-order valence-electron chi connectivity index (χ3n) is 3.36. The first-order chi connectivity index (χ1) is 10.4. The molecule has 0 aliphatic rings. The monoisotopic (exact) mass is 310 g/mol. The number of benzene rings is 1. The zero-order valence-corrected chi connectivity index (χ0v) is 14.4. The van der Waals surface area contributed by atoms with Crippen molar-refractivity contribution in [1.29, 1.82) is 0 Å². The van der Waals surface area contributed by atoms with E-state index in [1.807, 2.05) is 25.4 Å². The van der Waals surface area contributed by atoms with E-state index in [-0.39, 0.29) is 0 Å². The number of thioether (sulfide) groups is 1. The maximum Gasteiger partial charge on any atom is 0.0666 e. The third-order valence-corrected chi connectivity index (χ3v) is 4.42. The summed E-state index contributed by atoms with van der Waals surface area (Å²) in [7, 11) is 2.03. The van der Waals surface area contributed by atoms with Crippen molar-refractivity contribution < 1.29 is 0 Å². The van der Waals surface area contributed by atoms with E-state index in [1.54, 1.807) is 11.8 Å². The van der Waals surface area contributed by atoms with Gasteiger partial charge in [0, 0.05) is 29.0 Å². The van der Waals surface area contributed by atoms with Crippen LogP contribution in [0.4, 0.5) is 5.69 Å². The molecule has 2 aromatic rings. The Labute approximate surface area is 137 Å². The minimum atomic E-state index is 0.485. The Kier molecular flexibility index (Phi) is 5.05. The summed E-state index contributed by atoms with van der Waals surface area (Å²) < 4.78 is 2.08. The van der Waals surface area contributed by atoms with Gasteiger partial charge in [-0.05, 0) is 36.8 Å². The molecule has 22 heavy (non-hydrogen) atoms. The average molecular weight is 310 g/mol. The zero-order valence-electron chi connectivity index (χ0n) is 13.6. The van der Waals surface area contributed by atoms with Gasteiger partial charge in [0.15, 0.2) is 0 Å². The minimum Gasteiger partial charge on any atom is -0.353 e. The van der Waals surface area contributed by atoms with E-state index in [2.05, 4.69) is 55.3 Å².